The smallest absolute Gasteiger partial charge is 0.266 e. The number of hydrogen-bond acceptors (Lipinski definition) is 3. The maximum Gasteiger partial charge on any atom is 0.273 e. The number of halogens is 2. The second kappa shape index (κ2) is 6.05. The quantitative estimate of drug-likeness (QED) is 0.754. The molecule has 1 aromatic heterocycles. The maximum atomic E-state index is 12.7. The van der Waals surface area contributed by atoms with Crippen LogP contribution in [0.3, 0.4) is 0 Å². The van der Waals surface area contributed by atoms with E-state index in [-0.39, 0.29) is 4.21 Å². The van der Waals surface area contributed by atoms with Gasteiger partial charge < -0.3 is 0 Å². The summed E-state index contributed by atoms with van der Waals surface area (Å²) in [6, 6.07) is 8.90. The Hall–Kier alpha value is -0.560. The molecule has 3 nitrogen and oxygen atoms in total. The van der Waals surface area contributed by atoms with Gasteiger partial charge in [-0.15, -0.1) is 11.3 Å². The molecule has 0 N–H and O–H groups in total. The van der Waals surface area contributed by atoms with Gasteiger partial charge in [-0.3, -0.25) is 4.31 Å². The van der Waals surface area contributed by atoms with Crippen LogP contribution in [0.5, 0.6) is 0 Å². The van der Waals surface area contributed by atoms with Crippen LogP contribution in [0.4, 0.5) is 5.69 Å². The second-order valence-electron chi connectivity index (χ2n) is 4.14. The Morgan fingerprint density at radius 3 is 2.50 bits per heavy atom. The molecule has 0 bridgehead atoms. The molecule has 108 valence electrons. The third-order valence-corrected chi connectivity index (χ3v) is 7.65. The summed E-state index contributed by atoms with van der Waals surface area (Å²) in [5.74, 6) is 0. The lowest BCUT2D eigenvalue weighted by Crippen LogP contribution is -2.30. The van der Waals surface area contributed by atoms with Gasteiger partial charge in [0.25, 0.3) is 10.0 Å². The minimum absolute atomic E-state index is 0.236. The molecule has 0 fully saturated rings. The van der Waals surface area contributed by atoms with Crippen LogP contribution >= 0.6 is 38.9 Å². The molecule has 2 aromatic rings. The van der Waals surface area contributed by atoms with Crippen molar-refractivity contribution < 1.29 is 8.42 Å². The van der Waals surface area contributed by atoms with Crippen molar-refractivity contribution in [3.8, 4) is 0 Å². The zero-order valence-electron chi connectivity index (χ0n) is 10.9. The molecule has 20 heavy (non-hydrogen) atoms. The highest BCUT2D eigenvalue weighted by atomic mass is 79.9. The predicted molar refractivity (Wildman–Crippen MR) is 88.4 cm³/mol. The van der Waals surface area contributed by atoms with E-state index in [0.29, 0.717) is 21.0 Å². The largest absolute Gasteiger partial charge is 0.273 e. The lowest BCUT2D eigenvalue weighted by molar-refractivity contribution is 0.594. The Bertz CT molecular complexity index is 708. The Morgan fingerprint density at radius 1 is 1.35 bits per heavy atom. The minimum atomic E-state index is -3.59. The molecular weight excluding hydrogens is 382 g/mol. The summed E-state index contributed by atoms with van der Waals surface area (Å²) in [6.45, 7) is 4.07. The maximum absolute atomic E-state index is 12.7. The van der Waals surface area contributed by atoms with Crippen molar-refractivity contribution in [1.29, 1.82) is 0 Å². The number of anilines is 1. The minimum Gasteiger partial charge on any atom is -0.266 e. The molecule has 0 spiro atoms. The number of benzene rings is 1. The van der Waals surface area contributed by atoms with Crippen molar-refractivity contribution in [3.05, 3.63) is 44.7 Å². The SMILES string of the molecule is CCN(c1ccccc1C)S(=O)(=O)c1cc(Cl)c(Br)s1. The van der Waals surface area contributed by atoms with Crippen molar-refractivity contribution >= 4 is 54.6 Å². The van der Waals surface area contributed by atoms with Gasteiger partial charge >= 0.3 is 0 Å². The number of rotatable bonds is 4. The van der Waals surface area contributed by atoms with Crippen LogP contribution in [0.15, 0.2) is 38.3 Å². The van der Waals surface area contributed by atoms with E-state index >= 15 is 0 Å². The number of hydrogen-bond donors (Lipinski definition) is 0. The summed E-state index contributed by atoms with van der Waals surface area (Å²) in [7, 11) is -3.59. The van der Waals surface area contributed by atoms with Crippen LogP contribution < -0.4 is 4.31 Å². The number of nitrogens with zero attached hydrogens (tertiary/aromatic N) is 1. The summed E-state index contributed by atoms with van der Waals surface area (Å²) in [6.07, 6.45) is 0. The van der Waals surface area contributed by atoms with Gasteiger partial charge in [0.05, 0.1) is 14.5 Å². The van der Waals surface area contributed by atoms with Crippen molar-refractivity contribution in [2.45, 2.75) is 18.1 Å². The number of sulfonamides is 1. The van der Waals surface area contributed by atoms with Crippen molar-refractivity contribution in [1.82, 2.24) is 0 Å². The number of thiophene rings is 1. The van der Waals surface area contributed by atoms with Gasteiger partial charge in [0.2, 0.25) is 0 Å². The number of para-hydroxylation sites is 1. The average molecular weight is 395 g/mol. The first-order chi connectivity index (χ1) is 9.37. The first kappa shape index (κ1) is 15.8. The molecule has 0 radical (unpaired) electrons. The Labute approximate surface area is 136 Å². The first-order valence-electron chi connectivity index (χ1n) is 5.91. The van der Waals surface area contributed by atoms with E-state index in [1.165, 1.54) is 10.4 Å². The van der Waals surface area contributed by atoms with E-state index in [1.807, 2.05) is 32.0 Å². The van der Waals surface area contributed by atoms with E-state index < -0.39 is 10.0 Å². The average Bonchev–Trinajstić information content (AvgIpc) is 2.73. The molecule has 0 atom stereocenters. The highest BCUT2D eigenvalue weighted by Gasteiger charge is 2.27. The van der Waals surface area contributed by atoms with Gasteiger partial charge in [-0.25, -0.2) is 8.42 Å². The molecule has 0 aliphatic rings. The fourth-order valence-corrected chi connectivity index (χ4v) is 5.93. The summed E-state index contributed by atoms with van der Waals surface area (Å²) in [4.78, 5) is 0. The van der Waals surface area contributed by atoms with Gasteiger partial charge in [-0.05, 0) is 47.5 Å². The highest BCUT2D eigenvalue weighted by Crippen LogP contribution is 2.37. The molecule has 1 aromatic carbocycles. The van der Waals surface area contributed by atoms with Crippen LogP contribution in [-0.4, -0.2) is 15.0 Å². The zero-order chi connectivity index (χ0) is 14.9. The van der Waals surface area contributed by atoms with Crippen molar-refractivity contribution in [3.63, 3.8) is 0 Å². The van der Waals surface area contributed by atoms with Crippen molar-refractivity contribution in [2.75, 3.05) is 10.8 Å². The van der Waals surface area contributed by atoms with Gasteiger partial charge in [-0.2, -0.15) is 0 Å². The van der Waals surface area contributed by atoms with Crippen LogP contribution in [0.25, 0.3) is 0 Å². The van der Waals surface area contributed by atoms with Crippen LogP contribution in [0, 0.1) is 6.92 Å². The first-order valence-corrected chi connectivity index (χ1v) is 9.34. The third kappa shape index (κ3) is 2.88. The van der Waals surface area contributed by atoms with Crippen molar-refractivity contribution in [2.24, 2.45) is 0 Å². The molecule has 0 amide bonds. The lowest BCUT2D eigenvalue weighted by atomic mass is 10.2. The summed E-state index contributed by atoms with van der Waals surface area (Å²) in [5, 5.41) is 0.411. The molecule has 7 heteroatoms. The van der Waals surface area contributed by atoms with E-state index in [4.69, 9.17) is 11.6 Å². The van der Waals surface area contributed by atoms with E-state index in [0.717, 1.165) is 16.9 Å². The van der Waals surface area contributed by atoms with E-state index in [9.17, 15) is 8.42 Å². The second-order valence-corrected chi connectivity index (χ2v) is 9.01. The molecule has 2 rings (SSSR count). The van der Waals surface area contributed by atoms with Crippen LogP contribution in [0.1, 0.15) is 12.5 Å². The third-order valence-electron chi connectivity index (χ3n) is 2.84. The van der Waals surface area contributed by atoms with Gasteiger partial charge in [-0.1, -0.05) is 29.8 Å². The van der Waals surface area contributed by atoms with Crippen LogP contribution in [0.2, 0.25) is 5.02 Å². The number of aryl methyl sites for hydroxylation is 1. The fraction of sp³-hybridized carbons (Fsp3) is 0.231. The molecule has 1 heterocycles. The lowest BCUT2D eigenvalue weighted by Gasteiger charge is -2.23. The summed E-state index contributed by atoms with van der Waals surface area (Å²) in [5.41, 5.74) is 1.61. The molecule has 0 aliphatic carbocycles. The molecule has 0 saturated carbocycles. The zero-order valence-corrected chi connectivity index (χ0v) is 14.9. The molecule has 0 unspecified atom stereocenters. The predicted octanol–water partition coefficient (Wildman–Crippen LogP) is 4.69. The fourth-order valence-electron chi connectivity index (χ4n) is 1.88. The molecule has 0 aliphatic heterocycles. The summed E-state index contributed by atoms with van der Waals surface area (Å²) >= 11 is 10.3. The standard InChI is InChI=1S/C13H13BrClNO2S2/c1-3-16(11-7-5-4-6-9(11)2)20(17,18)12-8-10(15)13(14)19-12/h4-8H,3H2,1-2H3. The van der Waals surface area contributed by atoms with Crippen LogP contribution in [-0.2, 0) is 10.0 Å². The highest BCUT2D eigenvalue weighted by molar-refractivity contribution is 9.11. The monoisotopic (exact) mass is 393 g/mol. The van der Waals surface area contributed by atoms with Gasteiger partial charge in [0.1, 0.15) is 4.21 Å². The summed E-state index contributed by atoms with van der Waals surface area (Å²) < 4.78 is 27.7. The van der Waals surface area contributed by atoms with E-state index in [2.05, 4.69) is 15.9 Å². The molecule has 0 saturated heterocycles. The van der Waals surface area contributed by atoms with Gasteiger partial charge in [0.15, 0.2) is 0 Å². The Balaban J connectivity index is 2.53. The Morgan fingerprint density at radius 2 is 2.00 bits per heavy atom. The normalized spacial score (nSPS) is 11.6. The molecular formula is C13H13BrClNO2S2. The topological polar surface area (TPSA) is 37.4 Å². The van der Waals surface area contributed by atoms with Gasteiger partial charge in [0, 0.05) is 6.54 Å². The van der Waals surface area contributed by atoms with E-state index in [1.54, 1.807) is 6.07 Å². The Kier molecular flexibility index (Phi) is 4.79.